The Morgan fingerprint density at radius 3 is 2.62 bits per heavy atom. The summed E-state index contributed by atoms with van der Waals surface area (Å²) in [6, 6.07) is 13.6. The molecule has 0 bridgehead atoms. The van der Waals surface area contributed by atoms with Crippen molar-refractivity contribution in [2.75, 3.05) is 26.7 Å². The van der Waals surface area contributed by atoms with Gasteiger partial charge in [0.05, 0.1) is 19.2 Å². The van der Waals surface area contributed by atoms with Crippen molar-refractivity contribution in [1.29, 1.82) is 0 Å². The fraction of sp³-hybridized carbons (Fsp3) is 0.467. The van der Waals surface area contributed by atoms with Crippen molar-refractivity contribution in [1.82, 2.24) is 20.1 Å². The van der Waals surface area contributed by atoms with Gasteiger partial charge in [-0.3, -0.25) is 9.69 Å². The highest BCUT2D eigenvalue weighted by atomic mass is 32.1. The van der Waals surface area contributed by atoms with Crippen LogP contribution in [-0.2, 0) is 25.8 Å². The number of rotatable bonds is 12. The highest BCUT2D eigenvalue weighted by Crippen LogP contribution is 2.30. The molecule has 3 aromatic rings. The van der Waals surface area contributed by atoms with E-state index in [1.165, 1.54) is 42.7 Å². The second-order valence-corrected chi connectivity index (χ2v) is 11.3. The molecule has 1 aromatic heterocycles. The topological polar surface area (TPSA) is 57.7 Å². The lowest BCUT2D eigenvalue weighted by Crippen LogP contribution is -2.39. The third-order valence-electron chi connectivity index (χ3n) is 7.22. The van der Waals surface area contributed by atoms with E-state index in [9.17, 15) is 18.0 Å². The number of likely N-dealkylation sites (tertiary alicyclic amines) is 1. The molecule has 1 N–H and O–H groups in total. The lowest BCUT2D eigenvalue weighted by Gasteiger charge is -2.33. The second-order valence-electron chi connectivity index (χ2n) is 10.3. The van der Waals surface area contributed by atoms with Gasteiger partial charge in [-0.25, -0.2) is 4.98 Å². The standard InChI is InChI=1S/C30H37F3N4O2S/c1-22-7-3-4-15-37(22)16-6-14-34-29(38)27-21-40-28(35-27)20-36(18-23-10-12-26(39-2)13-11-23)19-24-8-5-9-25(17-24)30(31,32)33/h5,8-13,17,21-22H,3-4,6-7,14-16,18-20H2,1-2H3,(H,34,38). The van der Waals surface area contributed by atoms with Crippen LogP contribution in [0.2, 0.25) is 0 Å². The quantitative estimate of drug-likeness (QED) is 0.255. The summed E-state index contributed by atoms with van der Waals surface area (Å²) in [6.07, 6.45) is 0.247. The Bertz CT molecular complexity index is 1230. The number of carbonyl (C=O) groups excluding carboxylic acids is 1. The maximum Gasteiger partial charge on any atom is 0.416 e. The molecule has 4 rings (SSSR count). The minimum atomic E-state index is -4.40. The van der Waals surface area contributed by atoms with Crippen molar-refractivity contribution in [2.24, 2.45) is 0 Å². The van der Waals surface area contributed by atoms with Gasteiger partial charge in [0, 0.05) is 37.6 Å². The molecule has 1 aliphatic heterocycles. The monoisotopic (exact) mass is 574 g/mol. The molecule has 1 saturated heterocycles. The lowest BCUT2D eigenvalue weighted by molar-refractivity contribution is -0.137. The van der Waals surface area contributed by atoms with Crippen LogP contribution in [-0.4, -0.2) is 53.5 Å². The average Bonchev–Trinajstić information content (AvgIpc) is 3.40. The molecule has 1 unspecified atom stereocenters. The van der Waals surface area contributed by atoms with Crippen LogP contribution in [0.4, 0.5) is 13.2 Å². The van der Waals surface area contributed by atoms with E-state index in [-0.39, 0.29) is 5.91 Å². The number of hydrogen-bond donors (Lipinski definition) is 1. The fourth-order valence-corrected chi connectivity index (χ4v) is 5.82. The average molecular weight is 575 g/mol. The van der Waals surface area contributed by atoms with Crippen molar-refractivity contribution in [2.45, 2.75) is 64.5 Å². The number of methoxy groups -OCH3 is 1. The van der Waals surface area contributed by atoms with Crippen molar-refractivity contribution >= 4 is 17.2 Å². The van der Waals surface area contributed by atoms with E-state index in [1.54, 1.807) is 18.6 Å². The highest BCUT2D eigenvalue weighted by molar-refractivity contribution is 7.09. The Morgan fingerprint density at radius 2 is 1.90 bits per heavy atom. The predicted octanol–water partition coefficient (Wildman–Crippen LogP) is 6.37. The molecular weight excluding hydrogens is 537 g/mol. The summed E-state index contributed by atoms with van der Waals surface area (Å²) in [4.78, 5) is 21.8. The molecule has 0 spiro atoms. The molecule has 0 aliphatic carbocycles. The number of hydrogen-bond acceptors (Lipinski definition) is 6. The summed E-state index contributed by atoms with van der Waals surface area (Å²) in [7, 11) is 1.60. The van der Waals surface area contributed by atoms with Crippen LogP contribution in [0.3, 0.4) is 0 Å². The number of nitrogens with zero attached hydrogens (tertiary/aromatic N) is 3. The van der Waals surface area contributed by atoms with Crippen LogP contribution in [0, 0.1) is 0 Å². The number of ether oxygens (including phenoxy) is 1. The first-order valence-corrected chi connectivity index (χ1v) is 14.6. The zero-order valence-electron chi connectivity index (χ0n) is 23.0. The molecule has 0 saturated carbocycles. The van der Waals surface area contributed by atoms with E-state index >= 15 is 0 Å². The predicted molar refractivity (Wildman–Crippen MR) is 151 cm³/mol. The van der Waals surface area contributed by atoms with Gasteiger partial charge in [0.25, 0.3) is 5.91 Å². The molecule has 1 aliphatic rings. The van der Waals surface area contributed by atoms with Gasteiger partial charge in [-0.1, -0.05) is 36.8 Å². The molecule has 0 radical (unpaired) electrons. The molecule has 1 atom stereocenters. The molecular formula is C30H37F3N4O2S. The first kappa shape index (κ1) is 30.0. The summed E-state index contributed by atoms with van der Waals surface area (Å²) < 4.78 is 45.1. The minimum absolute atomic E-state index is 0.200. The van der Waals surface area contributed by atoms with Gasteiger partial charge in [0.15, 0.2) is 0 Å². The minimum Gasteiger partial charge on any atom is -0.497 e. The number of benzene rings is 2. The van der Waals surface area contributed by atoms with Crippen LogP contribution in [0.15, 0.2) is 53.9 Å². The van der Waals surface area contributed by atoms with Crippen LogP contribution >= 0.6 is 11.3 Å². The SMILES string of the molecule is COc1ccc(CN(Cc2cccc(C(F)(F)F)c2)Cc2nc(C(=O)NCCCN3CCCCC3C)cs2)cc1. The number of aromatic nitrogens is 1. The third-order valence-corrected chi connectivity index (χ3v) is 8.05. The van der Waals surface area contributed by atoms with Crippen molar-refractivity contribution in [3.8, 4) is 5.75 Å². The van der Waals surface area contributed by atoms with E-state index in [0.29, 0.717) is 43.5 Å². The number of carbonyl (C=O) groups is 1. The van der Waals surface area contributed by atoms with Crippen molar-refractivity contribution < 1.29 is 22.7 Å². The Labute approximate surface area is 238 Å². The maximum absolute atomic E-state index is 13.3. The Balaban J connectivity index is 1.38. The van der Waals surface area contributed by atoms with Crippen LogP contribution < -0.4 is 10.1 Å². The van der Waals surface area contributed by atoms with Crippen LogP contribution in [0.1, 0.15) is 64.8 Å². The van der Waals surface area contributed by atoms with Gasteiger partial charge in [0.2, 0.25) is 0 Å². The third kappa shape index (κ3) is 8.78. The zero-order valence-corrected chi connectivity index (χ0v) is 23.9. The Hall–Kier alpha value is -2.95. The van der Waals surface area contributed by atoms with Crippen molar-refractivity contribution in [3.63, 3.8) is 0 Å². The number of nitrogens with one attached hydrogen (secondary N) is 1. The van der Waals surface area contributed by atoms with E-state index in [2.05, 4.69) is 22.1 Å². The van der Waals surface area contributed by atoms with E-state index in [1.807, 2.05) is 29.2 Å². The smallest absolute Gasteiger partial charge is 0.416 e. The maximum atomic E-state index is 13.3. The molecule has 40 heavy (non-hydrogen) atoms. The first-order valence-electron chi connectivity index (χ1n) is 13.7. The summed E-state index contributed by atoms with van der Waals surface area (Å²) in [5, 5.41) is 5.45. The van der Waals surface area contributed by atoms with E-state index in [0.717, 1.165) is 41.9 Å². The number of alkyl halides is 3. The normalized spacial score (nSPS) is 16.3. The lowest BCUT2D eigenvalue weighted by atomic mass is 10.0. The van der Waals surface area contributed by atoms with Gasteiger partial charge in [0.1, 0.15) is 16.5 Å². The highest BCUT2D eigenvalue weighted by Gasteiger charge is 2.30. The van der Waals surface area contributed by atoms with Gasteiger partial charge in [-0.15, -0.1) is 11.3 Å². The Morgan fingerprint density at radius 1 is 1.12 bits per heavy atom. The molecule has 2 aromatic carbocycles. The molecule has 6 nitrogen and oxygen atoms in total. The van der Waals surface area contributed by atoms with Gasteiger partial charge < -0.3 is 15.0 Å². The summed E-state index contributed by atoms with van der Waals surface area (Å²) in [5.41, 5.74) is 1.25. The first-order chi connectivity index (χ1) is 19.2. The van der Waals surface area contributed by atoms with Gasteiger partial charge in [-0.2, -0.15) is 13.2 Å². The number of thiazole rings is 1. The van der Waals surface area contributed by atoms with Gasteiger partial charge >= 0.3 is 6.18 Å². The summed E-state index contributed by atoms with van der Waals surface area (Å²) in [6.45, 7) is 6.14. The number of halogens is 3. The zero-order chi connectivity index (χ0) is 28.5. The van der Waals surface area contributed by atoms with Crippen molar-refractivity contribution in [3.05, 3.63) is 81.3 Å². The number of piperidine rings is 1. The summed E-state index contributed by atoms with van der Waals surface area (Å²) >= 11 is 1.38. The van der Waals surface area contributed by atoms with Gasteiger partial charge in [-0.05, 0) is 62.1 Å². The van der Waals surface area contributed by atoms with E-state index < -0.39 is 11.7 Å². The van der Waals surface area contributed by atoms with Crippen LogP contribution in [0.5, 0.6) is 5.75 Å². The van der Waals surface area contributed by atoms with E-state index in [4.69, 9.17) is 4.74 Å². The molecule has 216 valence electrons. The molecule has 2 heterocycles. The van der Waals surface area contributed by atoms with Crippen LogP contribution in [0.25, 0.3) is 0 Å². The molecule has 10 heteroatoms. The second kappa shape index (κ2) is 14.1. The number of amides is 1. The largest absolute Gasteiger partial charge is 0.497 e. The summed E-state index contributed by atoms with van der Waals surface area (Å²) in [5.74, 6) is 0.531. The Kier molecular flexibility index (Phi) is 10.6. The molecule has 1 fully saturated rings. The molecule has 1 amide bonds. The fourth-order valence-electron chi connectivity index (χ4n) is 5.00.